The van der Waals surface area contributed by atoms with Crippen LogP contribution in [0.2, 0.25) is 0 Å². The van der Waals surface area contributed by atoms with Crippen LogP contribution in [0.4, 0.5) is 0 Å². The van der Waals surface area contributed by atoms with Gasteiger partial charge in [0, 0.05) is 0 Å². The first-order chi connectivity index (χ1) is 16.9. The predicted octanol–water partition coefficient (Wildman–Crippen LogP) is 9.79. The lowest BCUT2D eigenvalue weighted by molar-refractivity contribution is 1.79. The van der Waals surface area contributed by atoms with Gasteiger partial charge >= 0.3 is 0 Å². The molecule has 9 rings (SSSR count). The molecule has 34 heavy (non-hydrogen) atoms. The molecule has 0 N–H and O–H groups in total. The molecule has 0 atom stereocenters. The molecule has 0 saturated heterocycles. The van der Waals surface area contributed by atoms with Crippen LogP contribution in [0.1, 0.15) is 0 Å². The third kappa shape index (κ3) is 1.85. The second-order valence-electron chi connectivity index (χ2n) is 9.66. The molecular weight excluding hydrogens is 408 g/mol. The molecule has 2 bridgehead atoms. The molecule has 0 aromatic heterocycles. The number of rotatable bonds is 0. The first-order valence-corrected chi connectivity index (χ1v) is 12.0. The fourth-order valence-corrected chi connectivity index (χ4v) is 6.78. The van der Waals surface area contributed by atoms with Crippen molar-refractivity contribution in [2.75, 3.05) is 0 Å². The number of benzene rings is 9. The van der Waals surface area contributed by atoms with E-state index in [2.05, 4.69) is 109 Å². The summed E-state index contributed by atoms with van der Waals surface area (Å²) in [4.78, 5) is 0. The third-order valence-electron chi connectivity index (χ3n) is 8.08. The van der Waals surface area contributed by atoms with Crippen molar-refractivity contribution < 1.29 is 0 Å². The van der Waals surface area contributed by atoms with Gasteiger partial charge in [0.1, 0.15) is 0 Å². The normalized spacial score (nSPS) is 12.7. The van der Waals surface area contributed by atoms with Gasteiger partial charge in [0.25, 0.3) is 0 Å². The minimum atomic E-state index is 1.31. The lowest BCUT2D eigenvalue weighted by Crippen LogP contribution is -1.92. The lowest BCUT2D eigenvalue weighted by Gasteiger charge is -2.21. The topological polar surface area (TPSA) is 0 Å². The van der Waals surface area contributed by atoms with Crippen molar-refractivity contribution in [3.63, 3.8) is 0 Å². The van der Waals surface area contributed by atoms with Crippen molar-refractivity contribution in [1.82, 2.24) is 0 Å². The average Bonchev–Trinajstić information content (AvgIpc) is 2.90. The Hall–Kier alpha value is -4.42. The standard InChI is InChI=1S/C34H18/c1-2-9-22-20(7-1)17-21-18-29(22)33-28-16-15-19-8-5-13-25-24-10-3-4-11-26(24)32(34(28)30(19)25)27-14-6-12-23(21)31(27)33/h1-18H. The smallest absolute Gasteiger partial charge is 0.000762 e. The molecule has 0 heteroatoms. The predicted molar refractivity (Wildman–Crippen MR) is 149 cm³/mol. The van der Waals surface area contributed by atoms with Gasteiger partial charge in [0.05, 0.1) is 0 Å². The van der Waals surface area contributed by atoms with Crippen LogP contribution in [0, 0.1) is 0 Å². The Balaban J connectivity index is 1.77. The molecule has 0 heterocycles. The number of hydrogen-bond donors (Lipinski definition) is 0. The molecule has 9 aromatic rings. The van der Waals surface area contributed by atoms with Gasteiger partial charge < -0.3 is 0 Å². The van der Waals surface area contributed by atoms with E-state index >= 15 is 0 Å². The molecule has 0 unspecified atom stereocenters. The zero-order chi connectivity index (χ0) is 22.0. The zero-order valence-electron chi connectivity index (χ0n) is 18.4. The summed E-state index contributed by atoms with van der Waals surface area (Å²) < 4.78 is 0. The third-order valence-corrected chi connectivity index (χ3v) is 8.08. The zero-order valence-corrected chi connectivity index (χ0v) is 18.4. The lowest BCUT2D eigenvalue weighted by atomic mass is 9.82. The van der Waals surface area contributed by atoms with E-state index < -0.39 is 0 Å². The second-order valence-corrected chi connectivity index (χ2v) is 9.66. The van der Waals surface area contributed by atoms with Crippen molar-refractivity contribution in [3.8, 4) is 0 Å². The van der Waals surface area contributed by atoms with Crippen LogP contribution in [0.3, 0.4) is 0 Å². The Kier molecular flexibility index (Phi) is 2.88. The molecule has 0 radical (unpaired) electrons. The summed E-state index contributed by atoms with van der Waals surface area (Å²) in [6.07, 6.45) is 0. The molecule has 9 aromatic carbocycles. The molecule has 154 valence electrons. The average molecular weight is 427 g/mol. The van der Waals surface area contributed by atoms with E-state index in [9.17, 15) is 0 Å². The van der Waals surface area contributed by atoms with Crippen LogP contribution < -0.4 is 0 Å². The number of hydrogen-bond acceptors (Lipinski definition) is 0. The maximum absolute atomic E-state index is 2.41. The quantitative estimate of drug-likeness (QED) is 0.167. The van der Waals surface area contributed by atoms with Crippen LogP contribution in [0.25, 0.3) is 86.2 Å². The van der Waals surface area contributed by atoms with Gasteiger partial charge in [-0.15, -0.1) is 0 Å². The van der Waals surface area contributed by atoms with Crippen LogP contribution in [0.15, 0.2) is 109 Å². The Morgan fingerprint density at radius 1 is 0.235 bits per heavy atom. The molecule has 0 saturated carbocycles. The molecule has 0 nitrogen and oxygen atoms in total. The van der Waals surface area contributed by atoms with Crippen molar-refractivity contribution in [1.29, 1.82) is 0 Å². The first-order valence-electron chi connectivity index (χ1n) is 12.0. The summed E-state index contributed by atoms with van der Waals surface area (Å²) >= 11 is 0. The van der Waals surface area contributed by atoms with E-state index in [4.69, 9.17) is 0 Å². The van der Waals surface area contributed by atoms with E-state index in [1.54, 1.807) is 0 Å². The van der Waals surface area contributed by atoms with E-state index in [1.165, 1.54) is 86.2 Å². The van der Waals surface area contributed by atoms with Crippen molar-refractivity contribution in [2.45, 2.75) is 0 Å². The highest BCUT2D eigenvalue weighted by Crippen LogP contribution is 2.49. The minimum absolute atomic E-state index is 1.31. The van der Waals surface area contributed by atoms with Gasteiger partial charge in [0.15, 0.2) is 0 Å². The van der Waals surface area contributed by atoms with Crippen LogP contribution in [-0.4, -0.2) is 0 Å². The fourth-order valence-electron chi connectivity index (χ4n) is 6.78. The van der Waals surface area contributed by atoms with Gasteiger partial charge in [-0.2, -0.15) is 0 Å². The van der Waals surface area contributed by atoms with E-state index in [0.29, 0.717) is 0 Å². The molecular formula is C34H18. The maximum Gasteiger partial charge on any atom is -0.000762 e. The van der Waals surface area contributed by atoms with E-state index in [0.717, 1.165) is 0 Å². The van der Waals surface area contributed by atoms with Crippen molar-refractivity contribution >= 4 is 86.2 Å². The molecule has 0 aliphatic carbocycles. The Morgan fingerprint density at radius 3 is 1.76 bits per heavy atom. The van der Waals surface area contributed by atoms with Crippen LogP contribution in [0.5, 0.6) is 0 Å². The van der Waals surface area contributed by atoms with Crippen LogP contribution >= 0.6 is 0 Å². The van der Waals surface area contributed by atoms with Gasteiger partial charge in [-0.1, -0.05) is 97.1 Å². The monoisotopic (exact) mass is 426 g/mol. The van der Waals surface area contributed by atoms with Crippen molar-refractivity contribution in [2.24, 2.45) is 0 Å². The Bertz CT molecular complexity index is 2260. The SMILES string of the molecule is c1ccc2c(c1)cc1cc2c2c3ccc4cccc5c6ccccc6c(c6cccc1c62)c3c45. The Morgan fingerprint density at radius 2 is 0.824 bits per heavy atom. The van der Waals surface area contributed by atoms with Gasteiger partial charge in [0.2, 0.25) is 0 Å². The summed E-state index contributed by atoms with van der Waals surface area (Å²) in [6.45, 7) is 0. The summed E-state index contributed by atoms with van der Waals surface area (Å²) in [5.74, 6) is 0. The minimum Gasteiger partial charge on any atom is -0.0616 e. The van der Waals surface area contributed by atoms with Gasteiger partial charge in [-0.3, -0.25) is 0 Å². The molecule has 0 aliphatic rings. The fraction of sp³-hybridized carbons (Fsp3) is 0. The van der Waals surface area contributed by atoms with Gasteiger partial charge in [-0.25, -0.2) is 0 Å². The highest BCUT2D eigenvalue weighted by Gasteiger charge is 2.21. The largest absolute Gasteiger partial charge is 0.0616 e. The summed E-state index contributed by atoms with van der Waals surface area (Å²) in [5.41, 5.74) is 0. The summed E-state index contributed by atoms with van der Waals surface area (Å²) in [6, 6.07) is 40.9. The van der Waals surface area contributed by atoms with Crippen molar-refractivity contribution in [3.05, 3.63) is 109 Å². The first kappa shape index (κ1) is 17.1. The molecule has 0 fully saturated rings. The van der Waals surface area contributed by atoms with E-state index in [-0.39, 0.29) is 0 Å². The highest BCUT2D eigenvalue weighted by atomic mass is 14.2. The highest BCUT2D eigenvalue weighted by molar-refractivity contribution is 6.46. The van der Waals surface area contributed by atoms with Crippen LogP contribution in [-0.2, 0) is 0 Å². The maximum atomic E-state index is 2.41. The van der Waals surface area contributed by atoms with E-state index in [1.807, 2.05) is 0 Å². The molecule has 0 amide bonds. The Labute approximate surface area is 195 Å². The summed E-state index contributed by atoms with van der Waals surface area (Å²) in [7, 11) is 0. The molecule has 0 aliphatic heterocycles. The number of fused-ring (bicyclic) bond motifs is 11. The second kappa shape index (κ2) is 5.73. The van der Waals surface area contributed by atoms with Gasteiger partial charge in [-0.05, 0) is 98.3 Å². The molecule has 0 spiro atoms. The summed E-state index contributed by atoms with van der Waals surface area (Å²) in [5, 5.41) is 21.8.